The molecule has 4 heterocycles. The van der Waals surface area contributed by atoms with Gasteiger partial charge in [0.25, 0.3) is 0 Å². The Labute approximate surface area is 108 Å². The fourth-order valence-electron chi connectivity index (χ4n) is 2.87. The maximum Gasteiger partial charge on any atom is 0.407 e. The van der Waals surface area contributed by atoms with Gasteiger partial charge >= 0.3 is 6.09 Å². The van der Waals surface area contributed by atoms with Gasteiger partial charge in [-0.05, 0) is 6.42 Å². The number of hydrogen-bond acceptors (Lipinski definition) is 4. The lowest BCUT2D eigenvalue weighted by Crippen LogP contribution is -2.34. The van der Waals surface area contributed by atoms with Crippen molar-refractivity contribution in [3.63, 3.8) is 0 Å². The van der Waals surface area contributed by atoms with E-state index in [0.717, 1.165) is 41.2 Å². The first-order valence-corrected chi connectivity index (χ1v) is 6.24. The molecule has 2 aromatic heterocycles. The average molecular weight is 260 g/mol. The van der Waals surface area contributed by atoms with Crippen molar-refractivity contribution < 1.29 is 14.4 Å². The maximum absolute atomic E-state index is 11.1. The fraction of sp³-hybridized carbons (Fsp3) is 0.417. The predicted molar refractivity (Wildman–Crippen MR) is 63.6 cm³/mol. The summed E-state index contributed by atoms with van der Waals surface area (Å²) in [5.41, 5.74) is 4.78. The van der Waals surface area contributed by atoms with Crippen LogP contribution >= 0.6 is 0 Å². The van der Waals surface area contributed by atoms with Gasteiger partial charge in [0.1, 0.15) is 12.0 Å². The molecule has 1 N–H and O–H groups in total. The SMILES string of the molecule is O=C(O)N1CCc2nn3c(c2C1)-c1nocc1CC3. The van der Waals surface area contributed by atoms with Gasteiger partial charge < -0.3 is 14.5 Å². The number of rotatable bonds is 0. The third-order valence-electron chi connectivity index (χ3n) is 3.83. The minimum atomic E-state index is -0.887. The summed E-state index contributed by atoms with van der Waals surface area (Å²) >= 11 is 0. The van der Waals surface area contributed by atoms with Crippen molar-refractivity contribution in [2.75, 3.05) is 6.54 Å². The molecule has 7 nitrogen and oxygen atoms in total. The number of amides is 1. The van der Waals surface area contributed by atoms with Gasteiger partial charge in [-0.2, -0.15) is 5.10 Å². The van der Waals surface area contributed by atoms with Crippen molar-refractivity contribution in [3.05, 3.63) is 23.1 Å². The van der Waals surface area contributed by atoms with E-state index in [9.17, 15) is 4.79 Å². The maximum atomic E-state index is 11.1. The molecule has 0 fully saturated rings. The number of carboxylic acid groups (broad SMARTS) is 1. The Morgan fingerprint density at radius 1 is 1.37 bits per heavy atom. The van der Waals surface area contributed by atoms with E-state index in [1.165, 1.54) is 4.90 Å². The first-order valence-electron chi connectivity index (χ1n) is 6.24. The van der Waals surface area contributed by atoms with Crippen LogP contribution in [0.4, 0.5) is 4.79 Å². The van der Waals surface area contributed by atoms with E-state index < -0.39 is 6.09 Å². The van der Waals surface area contributed by atoms with Crippen LogP contribution in [0.1, 0.15) is 16.8 Å². The molecule has 2 aromatic rings. The Bertz CT molecular complexity index is 673. The summed E-state index contributed by atoms with van der Waals surface area (Å²) in [4.78, 5) is 12.5. The third kappa shape index (κ3) is 1.41. The highest BCUT2D eigenvalue weighted by atomic mass is 16.5. The molecular weight excluding hydrogens is 248 g/mol. The van der Waals surface area contributed by atoms with Crippen molar-refractivity contribution in [1.82, 2.24) is 19.8 Å². The van der Waals surface area contributed by atoms with Crippen molar-refractivity contribution in [2.24, 2.45) is 0 Å². The molecular formula is C12H12N4O3. The Hall–Kier alpha value is -2.31. The molecule has 0 atom stereocenters. The zero-order valence-electron chi connectivity index (χ0n) is 10.2. The molecule has 0 aromatic carbocycles. The number of nitrogens with zero attached hydrogens (tertiary/aromatic N) is 4. The van der Waals surface area contributed by atoms with Crippen LogP contribution in [0.3, 0.4) is 0 Å². The van der Waals surface area contributed by atoms with Crippen molar-refractivity contribution in [3.8, 4) is 11.4 Å². The van der Waals surface area contributed by atoms with Gasteiger partial charge in [0.2, 0.25) is 0 Å². The number of fused-ring (bicyclic) bond motifs is 5. The molecule has 1 amide bonds. The predicted octanol–water partition coefficient (Wildman–Crippen LogP) is 1.13. The normalized spacial score (nSPS) is 16.7. The highest BCUT2D eigenvalue weighted by molar-refractivity contribution is 5.69. The minimum absolute atomic E-state index is 0.381. The lowest BCUT2D eigenvalue weighted by molar-refractivity contribution is 0.140. The third-order valence-corrected chi connectivity index (χ3v) is 3.83. The Morgan fingerprint density at radius 3 is 3.11 bits per heavy atom. The van der Waals surface area contributed by atoms with E-state index in [2.05, 4.69) is 10.3 Å². The first-order chi connectivity index (χ1) is 9.24. The summed E-state index contributed by atoms with van der Waals surface area (Å²) in [7, 11) is 0. The van der Waals surface area contributed by atoms with Crippen LogP contribution in [-0.2, 0) is 25.9 Å². The van der Waals surface area contributed by atoms with Crippen LogP contribution < -0.4 is 0 Å². The molecule has 4 rings (SSSR count). The van der Waals surface area contributed by atoms with Gasteiger partial charge in [0, 0.05) is 30.6 Å². The summed E-state index contributed by atoms with van der Waals surface area (Å²) in [6.07, 6.45) is 2.29. The molecule has 2 aliphatic rings. The van der Waals surface area contributed by atoms with Gasteiger partial charge in [-0.1, -0.05) is 5.16 Å². The number of carbonyl (C=O) groups is 1. The van der Waals surface area contributed by atoms with Crippen molar-refractivity contribution in [1.29, 1.82) is 0 Å². The van der Waals surface area contributed by atoms with E-state index in [1.807, 2.05) is 4.68 Å². The van der Waals surface area contributed by atoms with E-state index in [1.54, 1.807) is 6.26 Å². The summed E-state index contributed by atoms with van der Waals surface area (Å²) in [6, 6.07) is 0. The van der Waals surface area contributed by atoms with E-state index >= 15 is 0 Å². The number of aryl methyl sites for hydroxylation is 2. The lowest BCUT2D eigenvalue weighted by atomic mass is 10.00. The summed E-state index contributed by atoms with van der Waals surface area (Å²) in [6.45, 7) is 1.68. The standard InChI is InChI=1S/C12H12N4O3/c17-12(18)15-3-2-9-8(5-15)11-10-7(6-19-14-10)1-4-16(11)13-9/h6H,1-5H2,(H,17,18). The minimum Gasteiger partial charge on any atom is -0.465 e. The monoisotopic (exact) mass is 260 g/mol. The van der Waals surface area contributed by atoms with Gasteiger partial charge in [-0.3, -0.25) is 4.68 Å². The second-order valence-electron chi connectivity index (χ2n) is 4.89. The zero-order valence-corrected chi connectivity index (χ0v) is 10.2. The second-order valence-corrected chi connectivity index (χ2v) is 4.89. The second kappa shape index (κ2) is 3.59. The Morgan fingerprint density at radius 2 is 2.26 bits per heavy atom. The van der Waals surface area contributed by atoms with Crippen LogP contribution in [0.5, 0.6) is 0 Å². The van der Waals surface area contributed by atoms with Gasteiger partial charge in [-0.25, -0.2) is 4.79 Å². The van der Waals surface area contributed by atoms with E-state index in [-0.39, 0.29) is 0 Å². The highest BCUT2D eigenvalue weighted by Gasteiger charge is 2.31. The van der Waals surface area contributed by atoms with Crippen molar-refractivity contribution >= 4 is 6.09 Å². The van der Waals surface area contributed by atoms with Gasteiger partial charge in [0.05, 0.1) is 17.9 Å². The molecule has 98 valence electrons. The molecule has 7 heteroatoms. The van der Waals surface area contributed by atoms with Crippen LogP contribution in [0.15, 0.2) is 10.8 Å². The fourth-order valence-corrected chi connectivity index (χ4v) is 2.87. The quantitative estimate of drug-likeness (QED) is 0.767. The summed E-state index contributed by atoms with van der Waals surface area (Å²) < 4.78 is 6.97. The van der Waals surface area contributed by atoms with Gasteiger partial charge in [-0.15, -0.1) is 0 Å². The lowest BCUT2D eigenvalue weighted by Gasteiger charge is -2.24. The molecule has 0 aliphatic carbocycles. The first kappa shape index (κ1) is 10.6. The molecule has 0 radical (unpaired) electrons. The molecule has 0 bridgehead atoms. The zero-order chi connectivity index (χ0) is 13.0. The molecule has 19 heavy (non-hydrogen) atoms. The number of aromatic nitrogens is 3. The molecule has 0 saturated carbocycles. The van der Waals surface area contributed by atoms with Crippen LogP contribution in [0.2, 0.25) is 0 Å². The molecule has 2 aliphatic heterocycles. The Kier molecular flexibility index (Phi) is 2.01. The van der Waals surface area contributed by atoms with Gasteiger partial charge in [0.15, 0.2) is 0 Å². The van der Waals surface area contributed by atoms with Crippen LogP contribution in [0, 0.1) is 0 Å². The molecule has 0 spiro atoms. The average Bonchev–Trinajstić information content (AvgIpc) is 3.00. The highest BCUT2D eigenvalue weighted by Crippen LogP contribution is 2.34. The smallest absolute Gasteiger partial charge is 0.407 e. The topological polar surface area (TPSA) is 84.4 Å². The van der Waals surface area contributed by atoms with Crippen LogP contribution in [-0.4, -0.2) is 37.6 Å². The largest absolute Gasteiger partial charge is 0.465 e. The van der Waals surface area contributed by atoms with E-state index in [0.29, 0.717) is 19.5 Å². The molecule has 0 unspecified atom stereocenters. The van der Waals surface area contributed by atoms with E-state index in [4.69, 9.17) is 9.63 Å². The van der Waals surface area contributed by atoms with Crippen LogP contribution in [0.25, 0.3) is 11.4 Å². The summed E-state index contributed by atoms with van der Waals surface area (Å²) in [5.74, 6) is 0. The van der Waals surface area contributed by atoms with Crippen molar-refractivity contribution in [2.45, 2.75) is 25.9 Å². The number of hydrogen-bond donors (Lipinski definition) is 1. The molecule has 0 saturated heterocycles. The Balaban J connectivity index is 1.86. The summed E-state index contributed by atoms with van der Waals surface area (Å²) in [5, 5.41) is 17.8.